The summed E-state index contributed by atoms with van der Waals surface area (Å²) in [7, 11) is 0. The molecule has 0 aliphatic rings. The molecule has 0 aromatic heterocycles. The van der Waals surface area contributed by atoms with Crippen LogP contribution in [0.4, 0.5) is 0 Å². The van der Waals surface area contributed by atoms with E-state index in [4.69, 9.17) is 4.74 Å². The van der Waals surface area contributed by atoms with Crippen molar-refractivity contribution >= 4 is 11.8 Å². The lowest BCUT2D eigenvalue weighted by Gasteiger charge is -2.25. The lowest BCUT2D eigenvalue weighted by molar-refractivity contribution is 0.0820. The van der Waals surface area contributed by atoms with E-state index in [1.54, 1.807) is 11.8 Å². The Balaban J connectivity index is 2.49. The fraction of sp³-hybridized carbons (Fsp3) is 0.647. The van der Waals surface area contributed by atoms with Crippen molar-refractivity contribution in [1.29, 1.82) is 0 Å². The molecule has 0 saturated carbocycles. The molecule has 2 atom stereocenters. The largest absolute Gasteiger partial charge is 0.493 e. The number of thioether (sulfide) groups is 1. The maximum absolute atomic E-state index is 10.2. The highest BCUT2D eigenvalue weighted by atomic mass is 32.2. The zero-order valence-electron chi connectivity index (χ0n) is 13.8. The topological polar surface area (TPSA) is 41.5 Å². The molecule has 0 bridgehead atoms. The molecule has 1 aromatic carbocycles. The Kier molecular flexibility index (Phi) is 7.57. The third-order valence-corrected chi connectivity index (χ3v) is 4.12. The lowest BCUT2D eigenvalue weighted by atomic mass is 10.1. The second-order valence-electron chi connectivity index (χ2n) is 6.31. The average molecular weight is 311 g/mol. The van der Waals surface area contributed by atoms with Gasteiger partial charge in [-0.3, -0.25) is 0 Å². The van der Waals surface area contributed by atoms with Crippen molar-refractivity contribution in [1.82, 2.24) is 5.32 Å². The first-order valence-electron chi connectivity index (χ1n) is 7.51. The molecule has 2 unspecified atom stereocenters. The summed E-state index contributed by atoms with van der Waals surface area (Å²) < 4.78 is 5.69. The van der Waals surface area contributed by atoms with Crippen LogP contribution in [0.25, 0.3) is 0 Å². The molecule has 1 aromatic rings. The summed E-state index contributed by atoms with van der Waals surface area (Å²) in [6.07, 6.45) is 2.01. The quantitative estimate of drug-likeness (QED) is 0.732. The third-order valence-electron chi connectivity index (χ3n) is 3.21. The van der Waals surface area contributed by atoms with Gasteiger partial charge in [0, 0.05) is 18.3 Å². The van der Waals surface area contributed by atoms with Crippen LogP contribution in [-0.2, 0) is 0 Å². The highest BCUT2D eigenvalue weighted by molar-refractivity contribution is 7.98. The van der Waals surface area contributed by atoms with Crippen LogP contribution in [-0.4, -0.2) is 35.9 Å². The van der Waals surface area contributed by atoms with Gasteiger partial charge in [-0.2, -0.15) is 11.8 Å². The summed E-state index contributed by atoms with van der Waals surface area (Å²) in [6, 6.07) is 8.39. The number of ether oxygens (including phenoxy) is 1. The van der Waals surface area contributed by atoms with E-state index in [9.17, 15) is 5.11 Å². The number of aliphatic hydroxyl groups is 1. The summed E-state index contributed by atoms with van der Waals surface area (Å²) in [5.41, 5.74) is 0.528. The van der Waals surface area contributed by atoms with E-state index in [1.165, 1.54) is 5.56 Å². The zero-order valence-corrected chi connectivity index (χ0v) is 14.7. The van der Waals surface area contributed by atoms with Crippen molar-refractivity contribution in [2.75, 3.05) is 25.2 Å². The molecule has 0 saturated heterocycles. The molecule has 0 amide bonds. The van der Waals surface area contributed by atoms with Gasteiger partial charge in [0.25, 0.3) is 0 Å². The Morgan fingerprint density at radius 2 is 1.86 bits per heavy atom. The molecule has 120 valence electrons. The first kappa shape index (κ1) is 18.3. The van der Waals surface area contributed by atoms with Gasteiger partial charge in [-0.1, -0.05) is 26.0 Å². The van der Waals surface area contributed by atoms with Gasteiger partial charge in [0.2, 0.25) is 0 Å². The van der Waals surface area contributed by atoms with Crippen molar-refractivity contribution in [3.05, 3.63) is 29.8 Å². The van der Waals surface area contributed by atoms with Crippen LogP contribution in [0.5, 0.6) is 5.75 Å². The molecule has 3 nitrogen and oxygen atoms in total. The van der Waals surface area contributed by atoms with E-state index in [0.717, 1.165) is 18.1 Å². The van der Waals surface area contributed by atoms with Gasteiger partial charge < -0.3 is 15.2 Å². The number of benzene rings is 1. The van der Waals surface area contributed by atoms with Gasteiger partial charge in [-0.05, 0) is 43.7 Å². The van der Waals surface area contributed by atoms with E-state index in [-0.39, 0.29) is 6.04 Å². The third kappa shape index (κ3) is 7.21. The van der Waals surface area contributed by atoms with Crippen molar-refractivity contribution < 1.29 is 9.84 Å². The van der Waals surface area contributed by atoms with Crippen LogP contribution in [0.3, 0.4) is 0 Å². The Bertz CT molecular complexity index is 404. The molecule has 4 heteroatoms. The normalized spacial score (nSPS) is 15.8. The molecule has 1 rings (SSSR count). The van der Waals surface area contributed by atoms with Crippen LogP contribution < -0.4 is 10.1 Å². The fourth-order valence-corrected chi connectivity index (χ4v) is 2.69. The van der Waals surface area contributed by atoms with Gasteiger partial charge in [0.15, 0.2) is 0 Å². The maximum atomic E-state index is 10.2. The van der Waals surface area contributed by atoms with Gasteiger partial charge >= 0.3 is 0 Å². The first-order chi connectivity index (χ1) is 9.84. The van der Waals surface area contributed by atoms with E-state index < -0.39 is 5.60 Å². The van der Waals surface area contributed by atoms with Gasteiger partial charge in [-0.15, -0.1) is 0 Å². The molecule has 0 spiro atoms. The van der Waals surface area contributed by atoms with Crippen molar-refractivity contribution in [2.45, 2.75) is 39.3 Å². The molecule has 21 heavy (non-hydrogen) atoms. The highest BCUT2D eigenvalue weighted by Crippen LogP contribution is 2.19. The predicted molar refractivity (Wildman–Crippen MR) is 92.2 cm³/mol. The average Bonchev–Trinajstić information content (AvgIpc) is 2.43. The molecule has 0 aliphatic heterocycles. The SMILES string of the molecule is CSCC(C)(O)CNC(C)c1ccc(OCC(C)C)cc1. The Hall–Kier alpha value is -0.710. The van der Waals surface area contributed by atoms with Crippen molar-refractivity contribution in [3.63, 3.8) is 0 Å². The Morgan fingerprint density at radius 1 is 1.24 bits per heavy atom. The van der Waals surface area contributed by atoms with Crippen LogP contribution >= 0.6 is 11.8 Å². The molecule has 0 aliphatic carbocycles. The summed E-state index contributed by atoms with van der Waals surface area (Å²) in [5.74, 6) is 2.17. The van der Waals surface area contributed by atoms with E-state index in [2.05, 4.69) is 38.2 Å². The van der Waals surface area contributed by atoms with Crippen LogP contribution in [0.15, 0.2) is 24.3 Å². The number of rotatable bonds is 9. The molecule has 0 radical (unpaired) electrons. The molecular weight excluding hydrogens is 282 g/mol. The van der Waals surface area contributed by atoms with Gasteiger partial charge in [-0.25, -0.2) is 0 Å². The first-order valence-corrected chi connectivity index (χ1v) is 8.91. The highest BCUT2D eigenvalue weighted by Gasteiger charge is 2.20. The number of hydrogen-bond acceptors (Lipinski definition) is 4. The minimum Gasteiger partial charge on any atom is -0.493 e. The second-order valence-corrected chi connectivity index (χ2v) is 7.17. The monoisotopic (exact) mass is 311 g/mol. The zero-order chi connectivity index (χ0) is 15.9. The Morgan fingerprint density at radius 3 is 2.38 bits per heavy atom. The van der Waals surface area contributed by atoms with Crippen LogP contribution in [0, 0.1) is 5.92 Å². The molecule has 2 N–H and O–H groups in total. The molecule has 0 fully saturated rings. The van der Waals surface area contributed by atoms with Crippen molar-refractivity contribution in [3.8, 4) is 5.75 Å². The summed E-state index contributed by atoms with van der Waals surface area (Å²) in [5, 5.41) is 13.6. The minimum atomic E-state index is -0.673. The fourth-order valence-electron chi connectivity index (χ4n) is 1.97. The van der Waals surface area contributed by atoms with E-state index in [0.29, 0.717) is 12.5 Å². The van der Waals surface area contributed by atoms with Gasteiger partial charge in [0.1, 0.15) is 5.75 Å². The summed E-state index contributed by atoms with van der Waals surface area (Å²) >= 11 is 1.66. The maximum Gasteiger partial charge on any atom is 0.119 e. The van der Waals surface area contributed by atoms with E-state index >= 15 is 0 Å². The van der Waals surface area contributed by atoms with Gasteiger partial charge in [0.05, 0.1) is 12.2 Å². The van der Waals surface area contributed by atoms with E-state index in [1.807, 2.05) is 25.3 Å². The smallest absolute Gasteiger partial charge is 0.119 e. The Labute approximate surface area is 133 Å². The van der Waals surface area contributed by atoms with Crippen molar-refractivity contribution in [2.24, 2.45) is 5.92 Å². The summed E-state index contributed by atoms with van der Waals surface area (Å²) in [4.78, 5) is 0. The number of nitrogens with one attached hydrogen (secondary N) is 1. The lowest BCUT2D eigenvalue weighted by Crippen LogP contribution is -2.40. The molecular formula is C17H29NO2S. The number of hydrogen-bond donors (Lipinski definition) is 2. The van der Waals surface area contributed by atoms with Crippen LogP contribution in [0.2, 0.25) is 0 Å². The summed E-state index contributed by atoms with van der Waals surface area (Å²) in [6.45, 7) is 9.58. The standard InChI is InChI=1S/C17H29NO2S/c1-13(2)10-20-16-8-6-15(7-9-16)14(3)18-11-17(4,19)12-21-5/h6-9,13-14,18-19H,10-12H2,1-5H3. The van der Waals surface area contributed by atoms with Crippen LogP contribution in [0.1, 0.15) is 39.3 Å². The minimum absolute atomic E-state index is 0.206. The molecule has 0 heterocycles. The predicted octanol–water partition coefficient (Wildman–Crippen LogP) is 3.49. The second kappa shape index (κ2) is 8.66.